The Kier molecular flexibility index (Phi) is 8.17. The Balaban J connectivity index is 1.40. The number of carbonyl (C=O) groups is 1. The number of nitrogens with one attached hydrogen (secondary N) is 1. The molecule has 168 valence electrons. The van der Waals surface area contributed by atoms with E-state index in [1.807, 2.05) is 36.4 Å². The molecule has 1 N–H and O–H groups in total. The standard InChI is InChI=1S/C22H28ClN3O4S/c1-30-20-9-7-19(8-10-20)25-12-14-26(15-13-25)31(28,29)16-4-11-24-22(27)17-18-5-2-3-6-21(18)23/h2-3,5-10H,4,11-17H2,1H3,(H,24,27). The van der Waals surface area contributed by atoms with Crippen LogP contribution in [0.25, 0.3) is 0 Å². The van der Waals surface area contributed by atoms with Crippen LogP contribution in [0.4, 0.5) is 5.69 Å². The molecule has 7 nitrogen and oxygen atoms in total. The number of halogens is 1. The third kappa shape index (κ3) is 6.59. The fourth-order valence-electron chi connectivity index (χ4n) is 3.51. The first-order valence-corrected chi connectivity index (χ1v) is 12.2. The number of piperazine rings is 1. The van der Waals surface area contributed by atoms with Crippen LogP contribution in [0, 0.1) is 0 Å². The maximum Gasteiger partial charge on any atom is 0.224 e. The Morgan fingerprint density at radius 1 is 1.06 bits per heavy atom. The van der Waals surface area contributed by atoms with Gasteiger partial charge in [-0.25, -0.2) is 8.42 Å². The van der Waals surface area contributed by atoms with Gasteiger partial charge in [0.1, 0.15) is 5.75 Å². The van der Waals surface area contributed by atoms with Gasteiger partial charge in [-0.05, 0) is 42.3 Å². The van der Waals surface area contributed by atoms with E-state index in [2.05, 4.69) is 10.2 Å². The number of amides is 1. The second-order valence-electron chi connectivity index (χ2n) is 7.37. The molecule has 2 aromatic carbocycles. The molecule has 0 bridgehead atoms. The lowest BCUT2D eigenvalue weighted by Gasteiger charge is -2.35. The molecule has 0 saturated carbocycles. The SMILES string of the molecule is COc1ccc(N2CCN(S(=O)(=O)CCCNC(=O)Cc3ccccc3Cl)CC2)cc1. The lowest BCUT2D eigenvalue weighted by Crippen LogP contribution is -2.49. The summed E-state index contributed by atoms with van der Waals surface area (Å²) in [5.74, 6) is 0.643. The van der Waals surface area contributed by atoms with Crippen molar-refractivity contribution in [1.82, 2.24) is 9.62 Å². The number of hydrogen-bond donors (Lipinski definition) is 1. The quantitative estimate of drug-likeness (QED) is 0.576. The molecule has 0 radical (unpaired) electrons. The van der Waals surface area contributed by atoms with Crippen molar-refractivity contribution in [3.8, 4) is 5.75 Å². The molecular weight excluding hydrogens is 438 g/mol. The number of benzene rings is 2. The maximum absolute atomic E-state index is 12.7. The van der Waals surface area contributed by atoms with Gasteiger partial charge in [-0.2, -0.15) is 4.31 Å². The van der Waals surface area contributed by atoms with Crippen molar-refractivity contribution in [2.24, 2.45) is 0 Å². The smallest absolute Gasteiger partial charge is 0.224 e. The maximum atomic E-state index is 12.7. The van der Waals surface area contributed by atoms with E-state index in [1.54, 1.807) is 23.5 Å². The summed E-state index contributed by atoms with van der Waals surface area (Å²) in [4.78, 5) is 14.2. The monoisotopic (exact) mass is 465 g/mol. The number of methoxy groups -OCH3 is 1. The first-order chi connectivity index (χ1) is 14.9. The van der Waals surface area contributed by atoms with Crippen LogP contribution in [0.3, 0.4) is 0 Å². The van der Waals surface area contributed by atoms with E-state index in [0.717, 1.165) is 17.0 Å². The molecule has 2 aromatic rings. The average molecular weight is 466 g/mol. The van der Waals surface area contributed by atoms with Crippen LogP contribution >= 0.6 is 11.6 Å². The molecule has 0 atom stereocenters. The van der Waals surface area contributed by atoms with E-state index in [-0.39, 0.29) is 18.1 Å². The van der Waals surface area contributed by atoms with Gasteiger partial charge in [0, 0.05) is 43.4 Å². The summed E-state index contributed by atoms with van der Waals surface area (Å²) in [6.45, 7) is 2.50. The van der Waals surface area contributed by atoms with Crippen molar-refractivity contribution < 1.29 is 17.9 Å². The van der Waals surface area contributed by atoms with Crippen LogP contribution in [0.15, 0.2) is 48.5 Å². The van der Waals surface area contributed by atoms with Crippen molar-refractivity contribution in [2.75, 3.05) is 50.5 Å². The minimum absolute atomic E-state index is 0.0158. The van der Waals surface area contributed by atoms with E-state index in [1.165, 1.54) is 0 Å². The van der Waals surface area contributed by atoms with Gasteiger partial charge in [-0.15, -0.1) is 0 Å². The van der Waals surface area contributed by atoms with Crippen LogP contribution in [0.2, 0.25) is 5.02 Å². The van der Waals surface area contributed by atoms with Gasteiger partial charge in [0.2, 0.25) is 15.9 Å². The van der Waals surface area contributed by atoms with E-state index in [9.17, 15) is 13.2 Å². The predicted molar refractivity (Wildman–Crippen MR) is 123 cm³/mol. The average Bonchev–Trinajstić information content (AvgIpc) is 2.78. The molecule has 0 aliphatic carbocycles. The van der Waals surface area contributed by atoms with Gasteiger partial charge in [0.15, 0.2) is 0 Å². The van der Waals surface area contributed by atoms with Gasteiger partial charge >= 0.3 is 0 Å². The van der Waals surface area contributed by atoms with Gasteiger partial charge in [-0.3, -0.25) is 4.79 Å². The zero-order valence-electron chi connectivity index (χ0n) is 17.6. The molecular formula is C22H28ClN3O4S. The van der Waals surface area contributed by atoms with Crippen molar-refractivity contribution in [3.63, 3.8) is 0 Å². The van der Waals surface area contributed by atoms with Crippen LogP contribution in [-0.2, 0) is 21.2 Å². The van der Waals surface area contributed by atoms with Crippen LogP contribution in [0.5, 0.6) is 5.75 Å². The number of anilines is 1. The molecule has 1 saturated heterocycles. The fraction of sp³-hybridized carbons (Fsp3) is 0.409. The molecule has 1 aliphatic rings. The molecule has 1 amide bonds. The number of rotatable bonds is 9. The van der Waals surface area contributed by atoms with Crippen LogP contribution in [-0.4, -0.2) is 64.2 Å². The van der Waals surface area contributed by atoms with Gasteiger partial charge < -0.3 is 15.0 Å². The number of nitrogens with zero attached hydrogens (tertiary/aromatic N) is 2. The molecule has 0 aromatic heterocycles. The zero-order chi connectivity index (χ0) is 22.3. The number of hydrogen-bond acceptors (Lipinski definition) is 5. The van der Waals surface area contributed by atoms with Gasteiger partial charge in [0.25, 0.3) is 0 Å². The van der Waals surface area contributed by atoms with Crippen molar-refractivity contribution in [2.45, 2.75) is 12.8 Å². The summed E-state index contributed by atoms with van der Waals surface area (Å²) in [7, 11) is -1.72. The number of sulfonamides is 1. The van der Waals surface area contributed by atoms with Crippen molar-refractivity contribution in [3.05, 3.63) is 59.1 Å². The molecule has 31 heavy (non-hydrogen) atoms. The Bertz CT molecular complexity index is 975. The Morgan fingerprint density at radius 3 is 2.39 bits per heavy atom. The largest absolute Gasteiger partial charge is 0.497 e. The minimum atomic E-state index is -3.35. The Labute approximate surface area is 189 Å². The highest BCUT2D eigenvalue weighted by atomic mass is 35.5. The van der Waals surface area contributed by atoms with E-state index < -0.39 is 10.0 Å². The fourth-order valence-corrected chi connectivity index (χ4v) is 5.20. The molecule has 3 rings (SSSR count). The second kappa shape index (κ2) is 10.8. The highest BCUT2D eigenvalue weighted by Gasteiger charge is 2.26. The first-order valence-electron chi connectivity index (χ1n) is 10.3. The summed E-state index contributed by atoms with van der Waals surface area (Å²) >= 11 is 6.06. The summed E-state index contributed by atoms with van der Waals surface area (Å²) in [6, 6.07) is 14.9. The lowest BCUT2D eigenvalue weighted by molar-refractivity contribution is -0.120. The van der Waals surface area contributed by atoms with Gasteiger partial charge in [-0.1, -0.05) is 29.8 Å². The highest BCUT2D eigenvalue weighted by molar-refractivity contribution is 7.89. The lowest BCUT2D eigenvalue weighted by atomic mass is 10.1. The third-order valence-corrected chi connectivity index (χ3v) is 7.60. The van der Waals surface area contributed by atoms with Crippen LogP contribution < -0.4 is 15.0 Å². The topological polar surface area (TPSA) is 79.0 Å². The molecule has 0 unspecified atom stereocenters. The molecule has 1 fully saturated rings. The summed E-state index contributed by atoms with van der Waals surface area (Å²) < 4.78 is 32.0. The zero-order valence-corrected chi connectivity index (χ0v) is 19.2. The van der Waals surface area contributed by atoms with Crippen molar-refractivity contribution >= 4 is 33.2 Å². The highest BCUT2D eigenvalue weighted by Crippen LogP contribution is 2.21. The van der Waals surface area contributed by atoms with Crippen molar-refractivity contribution in [1.29, 1.82) is 0 Å². The van der Waals surface area contributed by atoms with E-state index in [4.69, 9.17) is 16.3 Å². The Morgan fingerprint density at radius 2 is 1.74 bits per heavy atom. The predicted octanol–water partition coefficient (Wildman–Crippen LogP) is 2.55. The van der Waals surface area contributed by atoms with E-state index >= 15 is 0 Å². The molecule has 1 heterocycles. The summed E-state index contributed by atoms with van der Waals surface area (Å²) in [5.41, 5.74) is 1.81. The summed E-state index contributed by atoms with van der Waals surface area (Å²) in [5, 5.41) is 3.32. The molecule has 0 spiro atoms. The molecule has 9 heteroatoms. The minimum Gasteiger partial charge on any atom is -0.497 e. The second-order valence-corrected chi connectivity index (χ2v) is 9.87. The summed E-state index contributed by atoms with van der Waals surface area (Å²) in [6.07, 6.45) is 0.551. The van der Waals surface area contributed by atoms with Gasteiger partial charge in [0.05, 0.1) is 19.3 Å². The number of ether oxygens (including phenoxy) is 1. The third-order valence-electron chi connectivity index (χ3n) is 5.28. The van der Waals surface area contributed by atoms with E-state index in [0.29, 0.717) is 44.2 Å². The van der Waals surface area contributed by atoms with Crippen LogP contribution in [0.1, 0.15) is 12.0 Å². The normalized spacial score (nSPS) is 15.0. The molecule has 1 aliphatic heterocycles. The first kappa shape index (κ1) is 23.4. The Hall–Kier alpha value is -2.29. The number of carbonyl (C=O) groups excluding carboxylic acids is 1.